The first-order chi connectivity index (χ1) is 6.18. The predicted octanol–water partition coefficient (Wildman–Crippen LogP) is 1.38. The van der Waals surface area contributed by atoms with Crippen LogP contribution in [-0.2, 0) is 7.05 Å². The number of nitrogens with zero attached hydrogens (tertiary/aromatic N) is 4. The van der Waals surface area contributed by atoms with Gasteiger partial charge in [-0.2, -0.15) is 10.1 Å². The van der Waals surface area contributed by atoms with Gasteiger partial charge in [0.05, 0.1) is 11.8 Å². The van der Waals surface area contributed by atoms with Gasteiger partial charge in [-0.15, -0.1) is 0 Å². The van der Waals surface area contributed by atoms with Crippen LogP contribution >= 0.6 is 22.6 Å². The molecule has 0 saturated carbocycles. The topological polar surface area (TPSA) is 56.7 Å². The molecule has 0 aliphatic carbocycles. The minimum Gasteiger partial charge on any atom is -0.333 e. The molecule has 13 heavy (non-hydrogen) atoms. The molecule has 2 heterocycles. The predicted molar refractivity (Wildman–Crippen MR) is 54.0 cm³/mol. The van der Waals surface area contributed by atoms with Crippen molar-refractivity contribution < 1.29 is 4.52 Å². The number of aryl methyl sites for hydroxylation is 1. The van der Waals surface area contributed by atoms with Crippen LogP contribution in [0.25, 0.3) is 11.5 Å². The van der Waals surface area contributed by atoms with E-state index in [1.165, 1.54) is 0 Å². The molecule has 0 atom stereocenters. The normalized spacial score (nSPS) is 10.7. The molecule has 0 radical (unpaired) electrons. The van der Waals surface area contributed by atoms with Crippen LogP contribution in [0.2, 0.25) is 0 Å². The lowest BCUT2D eigenvalue weighted by molar-refractivity contribution is 0.425. The highest BCUT2D eigenvalue weighted by molar-refractivity contribution is 14.1. The van der Waals surface area contributed by atoms with Crippen molar-refractivity contribution in [2.24, 2.45) is 7.05 Å². The summed E-state index contributed by atoms with van der Waals surface area (Å²) in [5.74, 6) is 0.523. The molecule has 0 spiro atoms. The molecule has 0 fully saturated rings. The van der Waals surface area contributed by atoms with Crippen molar-refractivity contribution in [1.82, 2.24) is 19.9 Å². The summed E-state index contributed by atoms with van der Waals surface area (Å²) in [4.78, 5) is 4.11. The fourth-order valence-corrected chi connectivity index (χ4v) is 1.34. The van der Waals surface area contributed by atoms with Crippen molar-refractivity contribution in [2.45, 2.75) is 6.92 Å². The molecule has 6 heteroatoms. The van der Waals surface area contributed by atoms with E-state index in [0.29, 0.717) is 9.72 Å². The molecule has 5 nitrogen and oxygen atoms in total. The minimum atomic E-state index is 0.523. The highest BCUT2D eigenvalue weighted by Crippen LogP contribution is 2.20. The van der Waals surface area contributed by atoms with E-state index >= 15 is 0 Å². The van der Waals surface area contributed by atoms with Crippen molar-refractivity contribution in [3.63, 3.8) is 0 Å². The van der Waals surface area contributed by atoms with Crippen molar-refractivity contribution in [3.05, 3.63) is 15.7 Å². The van der Waals surface area contributed by atoms with Gasteiger partial charge in [0.1, 0.15) is 0 Å². The van der Waals surface area contributed by atoms with Gasteiger partial charge in [0, 0.05) is 35.3 Å². The van der Waals surface area contributed by atoms with Crippen molar-refractivity contribution in [3.8, 4) is 11.5 Å². The summed E-state index contributed by atoms with van der Waals surface area (Å²) in [5, 5.41) is 7.80. The van der Waals surface area contributed by atoms with Gasteiger partial charge in [0.2, 0.25) is 3.83 Å². The Kier molecular flexibility index (Phi) is 2.06. The van der Waals surface area contributed by atoms with Gasteiger partial charge < -0.3 is 4.52 Å². The number of halogens is 1. The van der Waals surface area contributed by atoms with Gasteiger partial charge in [-0.05, 0) is 6.92 Å². The number of rotatable bonds is 1. The molecular weight excluding hydrogens is 283 g/mol. The summed E-state index contributed by atoms with van der Waals surface area (Å²) < 4.78 is 7.40. The Balaban J connectivity index is 2.52. The molecule has 0 aliphatic rings. The second kappa shape index (κ2) is 3.09. The van der Waals surface area contributed by atoms with Crippen LogP contribution in [0.5, 0.6) is 0 Å². The molecule has 0 amide bonds. The van der Waals surface area contributed by atoms with Crippen LogP contribution in [0, 0.1) is 10.8 Å². The molecule has 2 aromatic heterocycles. The van der Waals surface area contributed by atoms with Gasteiger partial charge >= 0.3 is 0 Å². The van der Waals surface area contributed by atoms with Crippen LogP contribution in [0.15, 0.2) is 10.7 Å². The van der Waals surface area contributed by atoms with Crippen LogP contribution < -0.4 is 0 Å². The first-order valence-electron chi connectivity index (χ1n) is 3.66. The highest BCUT2D eigenvalue weighted by atomic mass is 127. The Morgan fingerprint density at radius 1 is 1.54 bits per heavy atom. The van der Waals surface area contributed by atoms with Gasteiger partial charge in [0.15, 0.2) is 0 Å². The van der Waals surface area contributed by atoms with Gasteiger partial charge in [0.25, 0.3) is 5.89 Å². The molecule has 0 aliphatic heterocycles. The molecular formula is C7H7IN4O. The summed E-state index contributed by atoms with van der Waals surface area (Å²) in [6.07, 6.45) is 1.72. The Morgan fingerprint density at radius 2 is 2.31 bits per heavy atom. The third-order valence-electron chi connectivity index (χ3n) is 1.87. The summed E-state index contributed by atoms with van der Waals surface area (Å²) in [6, 6.07) is 0. The number of hydrogen-bond donors (Lipinski definition) is 0. The van der Waals surface area contributed by atoms with Gasteiger partial charge in [-0.3, -0.25) is 4.68 Å². The quantitative estimate of drug-likeness (QED) is 0.745. The SMILES string of the molecule is Cc1c(-c2nc(I)no2)cnn1C. The largest absolute Gasteiger partial charge is 0.333 e. The highest BCUT2D eigenvalue weighted by Gasteiger charge is 2.12. The maximum Gasteiger partial charge on any atom is 0.262 e. The fraction of sp³-hybridized carbons (Fsp3) is 0.286. The Bertz CT molecular complexity index is 433. The Labute approximate surface area is 88.3 Å². The second-order valence-corrected chi connectivity index (χ2v) is 3.60. The molecule has 2 rings (SSSR count). The van der Waals surface area contributed by atoms with Crippen LogP contribution in [0.4, 0.5) is 0 Å². The van der Waals surface area contributed by atoms with Gasteiger partial charge in [-0.25, -0.2) is 0 Å². The Hall–Kier alpha value is -0.920. The number of hydrogen-bond acceptors (Lipinski definition) is 4. The molecule has 2 aromatic rings. The van der Waals surface area contributed by atoms with Crippen molar-refractivity contribution >= 4 is 22.6 Å². The third-order valence-corrected chi connectivity index (χ3v) is 2.31. The van der Waals surface area contributed by atoms with Crippen LogP contribution in [0.1, 0.15) is 5.69 Å². The first kappa shape index (κ1) is 8.67. The molecule has 0 unspecified atom stereocenters. The van der Waals surface area contributed by atoms with E-state index in [1.54, 1.807) is 10.9 Å². The zero-order valence-electron chi connectivity index (χ0n) is 7.15. The van der Waals surface area contributed by atoms with E-state index in [0.717, 1.165) is 11.3 Å². The standard InChI is InChI=1S/C7H7IN4O/c1-4-5(3-9-12(4)2)6-10-7(8)11-13-6/h3H,1-2H3. The average molecular weight is 290 g/mol. The van der Waals surface area contributed by atoms with E-state index in [1.807, 2.05) is 36.6 Å². The summed E-state index contributed by atoms with van der Waals surface area (Å²) in [6.45, 7) is 1.96. The van der Waals surface area contributed by atoms with Crippen molar-refractivity contribution in [1.29, 1.82) is 0 Å². The maximum absolute atomic E-state index is 5.02. The fourth-order valence-electron chi connectivity index (χ4n) is 1.02. The summed E-state index contributed by atoms with van der Waals surface area (Å²) in [7, 11) is 1.88. The van der Waals surface area contributed by atoms with E-state index in [4.69, 9.17) is 4.52 Å². The lowest BCUT2D eigenvalue weighted by Crippen LogP contribution is -1.92. The van der Waals surface area contributed by atoms with Gasteiger partial charge in [-0.1, -0.05) is 5.16 Å². The van der Waals surface area contributed by atoms with E-state index < -0.39 is 0 Å². The lowest BCUT2D eigenvalue weighted by Gasteiger charge is -1.93. The molecule has 68 valence electrons. The van der Waals surface area contributed by atoms with E-state index in [9.17, 15) is 0 Å². The second-order valence-electron chi connectivity index (χ2n) is 2.64. The van der Waals surface area contributed by atoms with E-state index in [-0.39, 0.29) is 0 Å². The smallest absolute Gasteiger partial charge is 0.262 e. The summed E-state index contributed by atoms with van der Waals surface area (Å²) in [5.41, 5.74) is 1.90. The molecule has 0 bridgehead atoms. The van der Waals surface area contributed by atoms with E-state index in [2.05, 4.69) is 15.2 Å². The van der Waals surface area contributed by atoms with Crippen molar-refractivity contribution in [2.75, 3.05) is 0 Å². The first-order valence-corrected chi connectivity index (χ1v) is 4.74. The molecule has 0 aromatic carbocycles. The Morgan fingerprint density at radius 3 is 2.77 bits per heavy atom. The number of aromatic nitrogens is 4. The zero-order chi connectivity index (χ0) is 9.42. The summed E-state index contributed by atoms with van der Waals surface area (Å²) >= 11 is 2.00. The minimum absolute atomic E-state index is 0.523. The zero-order valence-corrected chi connectivity index (χ0v) is 9.31. The monoisotopic (exact) mass is 290 g/mol. The third kappa shape index (κ3) is 1.45. The maximum atomic E-state index is 5.02. The average Bonchev–Trinajstić information content (AvgIpc) is 2.62. The lowest BCUT2D eigenvalue weighted by atomic mass is 10.3. The van der Waals surface area contributed by atoms with Crippen LogP contribution in [0.3, 0.4) is 0 Å². The molecule has 0 saturated heterocycles. The van der Waals surface area contributed by atoms with Crippen LogP contribution in [-0.4, -0.2) is 19.9 Å². The molecule has 0 N–H and O–H groups in total.